The average Bonchev–Trinajstić information content (AvgIpc) is 2.89. The minimum Gasteiger partial charge on any atom is -0.344 e. The molecule has 4 bridgehead atoms. The van der Waals surface area contributed by atoms with E-state index in [1.165, 1.54) is 54.7 Å². The first kappa shape index (κ1) is 16.9. The molecule has 2 nitrogen and oxygen atoms in total. The summed E-state index contributed by atoms with van der Waals surface area (Å²) in [6.07, 6.45) is 3.94. The molecule has 28 heavy (non-hydrogen) atoms. The molecule has 4 unspecified atom stereocenters. The Bertz CT molecular complexity index is 1050. The monoisotopic (exact) mass is 370 g/mol. The van der Waals surface area contributed by atoms with Gasteiger partial charge in [0.1, 0.15) is 0 Å². The van der Waals surface area contributed by atoms with Crippen LogP contribution in [0.2, 0.25) is 0 Å². The second-order valence-corrected chi connectivity index (χ2v) is 9.60. The minimum atomic E-state index is 0.728. The van der Waals surface area contributed by atoms with E-state index in [4.69, 9.17) is 0 Å². The molecule has 2 saturated heterocycles. The highest BCUT2D eigenvalue weighted by Crippen LogP contribution is 2.50. The second-order valence-electron chi connectivity index (χ2n) is 9.60. The van der Waals surface area contributed by atoms with Crippen molar-refractivity contribution in [1.82, 2.24) is 9.47 Å². The standard InChI is InChI=1S/C26H30N2/c1-17-7-8-24-23(11-17)25-21-12-19-13-22(16-27(14-19)15-21)26(25)28(24)10-9-20-6-4-3-5-18(20)2/h3-8,11,19,21-22H,9-10,12-16H2,1-2H3. The van der Waals surface area contributed by atoms with E-state index < -0.39 is 0 Å². The van der Waals surface area contributed by atoms with Gasteiger partial charge >= 0.3 is 0 Å². The number of aromatic nitrogens is 1. The van der Waals surface area contributed by atoms with Crippen molar-refractivity contribution in [2.75, 3.05) is 19.6 Å². The van der Waals surface area contributed by atoms with Crippen LogP contribution in [-0.2, 0) is 13.0 Å². The summed E-state index contributed by atoms with van der Waals surface area (Å²) >= 11 is 0. The Balaban J connectivity index is 1.51. The second kappa shape index (κ2) is 6.22. The summed E-state index contributed by atoms with van der Waals surface area (Å²) in [6.45, 7) is 9.51. The van der Waals surface area contributed by atoms with Crippen LogP contribution in [0.4, 0.5) is 0 Å². The zero-order valence-electron chi connectivity index (χ0n) is 17.1. The van der Waals surface area contributed by atoms with Gasteiger partial charge in [-0.05, 0) is 73.8 Å². The Morgan fingerprint density at radius 3 is 2.61 bits per heavy atom. The van der Waals surface area contributed by atoms with Crippen LogP contribution in [-0.4, -0.2) is 29.1 Å². The van der Waals surface area contributed by atoms with Gasteiger partial charge in [-0.1, -0.05) is 35.9 Å². The number of aryl methyl sites for hydroxylation is 4. The van der Waals surface area contributed by atoms with Crippen molar-refractivity contribution >= 4 is 10.9 Å². The van der Waals surface area contributed by atoms with Gasteiger partial charge in [0.2, 0.25) is 0 Å². The topological polar surface area (TPSA) is 8.17 Å². The van der Waals surface area contributed by atoms with E-state index in [0.717, 1.165) is 30.7 Å². The maximum atomic E-state index is 2.76. The van der Waals surface area contributed by atoms with Crippen molar-refractivity contribution < 1.29 is 0 Å². The van der Waals surface area contributed by atoms with Gasteiger partial charge in [-0.25, -0.2) is 0 Å². The predicted molar refractivity (Wildman–Crippen MR) is 116 cm³/mol. The van der Waals surface area contributed by atoms with E-state index >= 15 is 0 Å². The molecule has 0 saturated carbocycles. The largest absolute Gasteiger partial charge is 0.344 e. The summed E-state index contributed by atoms with van der Waals surface area (Å²) in [5.41, 5.74) is 9.21. The molecule has 2 fully saturated rings. The number of hydrogen-bond donors (Lipinski definition) is 0. The lowest BCUT2D eigenvalue weighted by molar-refractivity contribution is 0.103. The third kappa shape index (κ3) is 2.50. The van der Waals surface area contributed by atoms with E-state index in [1.54, 1.807) is 16.6 Å². The number of piperidine rings is 2. The van der Waals surface area contributed by atoms with E-state index in [-0.39, 0.29) is 0 Å². The first-order valence-electron chi connectivity index (χ1n) is 11.1. The molecular formula is C26H30N2. The Morgan fingerprint density at radius 2 is 1.75 bits per heavy atom. The van der Waals surface area contributed by atoms with Crippen LogP contribution in [0.5, 0.6) is 0 Å². The molecule has 0 radical (unpaired) electrons. The van der Waals surface area contributed by atoms with E-state index in [0.29, 0.717) is 0 Å². The lowest BCUT2D eigenvalue weighted by Gasteiger charge is -2.41. The van der Waals surface area contributed by atoms with Crippen molar-refractivity contribution in [3.8, 4) is 0 Å². The summed E-state index contributed by atoms with van der Waals surface area (Å²) in [5, 5.41) is 1.55. The van der Waals surface area contributed by atoms with E-state index in [9.17, 15) is 0 Å². The van der Waals surface area contributed by atoms with Crippen molar-refractivity contribution in [2.45, 2.75) is 51.5 Å². The van der Waals surface area contributed by atoms with Gasteiger partial charge in [-0.2, -0.15) is 0 Å². The normalized spacial score (nSPS) is 27.9. The van der Waals surface area contributed by atoms with Crippen molar-refractivity contribution in [3.63, 3.8) is 0 Å². The summed E-state index contributed by atoms with van der Waals surface area (Å²) < 4.78 is 2.73. The van der Waals surface area contributed by atoms with Gasteiger partial charge in [0, 0.05) is 48.7 Å². The maximum absolute atomic E-state index is 2.76. The smallest absolute Gasteiger partial charge is 0.0485 e. The van der Waals surface area contributed by atoms with Crippen molar-refractivity contribution in [3.05, 3.63) is 70.4 Å². The highest BCUT2D eigenvalue weighted by molar-refractivity contribution is 5.87. The molecule has 7 rings (SSSR count). The fourth-order valence-corrected chi connectivity index (χ4v) is 6.57. The zero-order chi connectivity index (χ0) is 18.8. The van der Waals surface area contributed by atoms with Crippen LogP contribution < -0.4 is 0 Å². The maximum Gasteiger partial charge on any atom is 0.0485 e. The molecule has 1 aromatic heterocycles. The lowest BCUT2D eigenvalue weighted by atomic mass is 9.82. The fourth-order valence-electron chi connectivity index (χ4n) is 6.57. The molecule has 2 aromatic carbocycles. The number of rotatable bonds is 3. The molecular weight excluding hydrogens is 340 g/mol. The third-order valence-corrected chi connectivity index (χ3v) is 7.67. The molecule has 3 aliphatic heterocycles. The summed E-state index contributed by atoms with van der Waals surface area (Å²) in [7, 11) is 0. The first-order valence-corrected chi connectivity index (χ1v) is 11.1. The summed E-state index contributed by atoms with van der Waals surface area (Å²) in [5.74, 6) is 2.38. The first-order chi connectivity index (χ1) is 13.7. The Morgan fingerprint density at radius 1 is 0.929 bits per heavy atom. The van der Waals surface area contributed by atoms with Gasteiger partial charge in [0.25, 0.3) is 0 Å². The lowest BCUT2D eigenvalue weighted by Crippen LogP contribution is -2.44. The molecule has 0 N–H and O–H groups in total. The Hall–Kier alpha value is -2.06. The molecule has 4 aliphatic rings. The van der Waals surface area contributed by atoms with Crippen LogP contribution in [0.3, 0.4) is 0 Å². The highest BCUT2D eigenvalue weighted by atomic mass is 15.2. The summed E-state index contributed by atoms with van der Waals surface area (Å²) in [4.78, 5) is 2.76. The Kier molecular flexibility index (Phi) is 3.74. The van der Waals surface area contributed by atoms with Gasteiger partial charge < -0.3 is 9.47 Å². The quantitative estimate of drug-likeness (QED) is 0.599. The SMILES string of the molecule is Cc1ccc2c(c1)c1c(n2CCc2ccccc2C)C2CC3CC1CN(C3)C2. The molecule has 1 aliphatic carbocycles. The molecule has 4 atom stereocenters. The van der Waals surface area contributed by atoms with Crippen molar-refractivity contribution in [2.24, 2.45) is 5.92 Å². The number of hydrogen-bond acceptors (Lipinski definition) is 1. The third-order valence-electron chi connectivity index (χ3n) is 7.67. The zero-order valence-corrected chi connectivity index (χ0v) is 17.1. The van der Waals surface area contributed by atoms with Crippen LogP contribution in [0.25, 0.3) is 10.9 Å². The van der Waals surface area contributed by atoms with Gasteiger partial charge in [-0.15, -0.1) is 0 Å². The molecule has 3 aromatic rings. The fraction of sp³-hybridized carbons (Fsp3) is 0.462. The molecule has 4 heterocycles. The number of fused-ring (bicyclic) bond motifs is 1. The van der Waals surface area contributed by atoms with Gasteiger partial charge in [-0.3, -0.25) is 0 Å². The van der Waals surface area contributed by atoms with Crippen molar-refractivity contribution in [1.29, 1.82) is 0 Å². The molecule has 0 spiro atoms. The minimum absolute atomic E-state index is 0.728. The average molecular weight is 371 g/mol. The predicted octanol–water partition coefficient (Wildman–Crippen LogP) is 5.41. The van der Waals surface area contributed by atoms with Crippen LogP contribution in [0.15, 0.2) is 42.5 Å². The number of benzene rings is 2. The van der Waals surface area contributed by atoms with Gasteiger partial charge in [0.05, 0.1) is 0 Å². The van der Waals surface area contributed by atoms with Crippen LogP contribution >= 0.6 is 0 Å². The highest BCUT2D eigenvalue weighted by Gasteiger charge is 2.43. The molecule has 144 valence electrons. The number of nitrogens with zero attached hydrogens (tertiary/aromatic N) is 2. The Labute approximate surface area is 168 Å². The van der Waals surface area contributed by atoms with Gasteiger partial charge in [0.15, 0.2) is 0 Å². The van der Waals surface area contributed by atoms with Crippen LogP contribution in [0, 0.1) is 19.8 Å². The molecule has 0 amide bonds. The van der Waals surface area contributed by atoms with Crippen LogP contribution in [0.1, 0.15) is 52.6 Å². The van der Waals surface area contributed by atoms with E-state index in [1.807, 2.05) is 0 Å². The van der Waals surface area contributed by atoms with E-state index in [2.05, 4.69) is 65.8 Å². The molecule has 2 heteroatoms. The summed E-state index contributed by atoms with van der Waals surface area (Å²) in [6, 6.07) is 16.1.